The van der Waals surface area contributed by atoms with E-state index >= 15 is 0 Å². The minimum absolute atomic E-state index is 0.0174. The van der Waals surface area contributed by atoms with Crippen LogP contribution in [0.2, 0.25) is 0 Å². The Hall–Kier alpha value is -3.72. The van der Waals surface area contributed by atoms with Crippen LogP contribution >= 0.6 is 0 Å². The number of nitrogens with zero attached hydrogens (tertiary/aromatic N) is 1. The van der Waals surface area contributed by atoms with Crippen LogP contribution in [0.5, 0.6) is 5.75 Å². The minimum Gasteiger partial charge on any atom is -0.443 e. The molecule has 4 rings (SSSR count). The first-order valence-corrected chi connectivity index (χ1v) is 11.8. The van der Waals surface area contributed by atoms with Crippen LogP contribution in [0, 0.1) is 29.1 Å². The fraction of sp³-hybridized carbons (Fsp3) is 0.273. The van der Waals surface area contributed by atoms with Gasteiger partial charge in [-0.3, -0.25) is 9.12 Å². The second kappa shape index (κ2) is 8.69. The number of rotatable bonds is 3. The van der Waals surface area contributed by atoms with Gasteiger partial charge in [-0.2, -0.15) is 17.2 Å². The summed E-state index contributed by atoms with van der Waals surface area (Å²) in [5.41, 5.74) is -1.12. The highest BCUT2D eigenvalue weighted by Crippen LogP contribution is 2.40. The number of carbonyl (C=O) groups is 2. The van der Waals surface area contributed by atoms with Gasteiger partial charge in [-0.25, -0.2) is 22.8 Å². The smallest absolute Gasteiger partial charge is 0.418 e. The number of ether oxygens (including phenoxy) is 2. The maximum atomic E-state index is 14.0. The van der Waals surface area contributed by atoms with Crippen molar-refractivity contribution in [3.05, 3.63) is 53.0 Å². The largest absolute Gasteiger partial charge is 0.443 e. The van der Waals surface area contributed by atoms with Crippen molar-refractivity contribution in [1.82, 2.24) is 4.57 Å². The quantitative estimate of drug-likeness (QED) is 0.124. The van der Waals surface area contributed by atoms with Crippen molar-refractivity contribution in [2.24, 2.45) is 0 Å². The lowest BCUT2D eigenvalue weighted by atomic mass is 10.1. The van der Waals surface area contributed by atoms with Crippen molar-refractivity contribution in [2.75, 3.05) is 5.32 Å². The highest BCUT2D eigenvalue weighted by atomic mass is 32.2. The van der Waals surface area contributed by atoms with E-state index in [9.17, 15) is 44.5 Å². The van der Waals surface area contributed by atoms with E-state index in [1.54, 1.807) is 20.8 Å². The van der Waals surface area contributed by atoms with Crippen molar-refractivity contribution >= 4 is 38.8 Å². The molecule has 0 bridgehead atoms. The van der Waals surface area contributed by atoms with Gasteiger partial charge < -0.3 is 14.8 Å². The molecule has 0 saturated carbocycles. The molecule has 1 aromatic heterocycles. The summed E-state index contributed by atoms with van der Waals surface area (Å²) in [7, 11) is -4.95. The molecule has 2 heterocycles. The van der Waals surface area contributed by atoms with E-state index in [-0.39, 0.29) is 22.2 Å². The minimum atomic E-state index is -4.95. The summed E-state index contributed by atoms with van der Waals surface area (Å²) in [5.74, 6) is -15.2. The molecule has 0 saturated heterocycles. The normalized spacial score (nSPS) is 15.4. The van der Waals surface area contributed by atoms with E-state index < -0.39 is 80.0 Å². The molecular formula is C22H17F5N2O7S. The van der Waals surface area contributed by atoms with E-state index in [1.165, 1.54) is 12.3 Å². The molecule has 15 heteroatoms. The van der Waals surface area contributed by atoms with Crippen LogP contribution in [-0.2, 0) is 26.1 Å². The Morgan fingerprint density at radius 2 is 1.62 bits per heavy atom. The maximum Gasteiger partial charge on any atom is 0.418 e. The first kappa shape index (κ1) is 26.3. The number of fused-ring (bicyclic) bond motifs is 3. The van der Waals surface area contributed by atoms with E-state index in [1.807, 2.05) is 0 Å². The Morgan fingerprint density at radius 3 is 2.16 bits per heavy atom. The van der Waals surface area contributed by atoms with Gasteiger partial charge in [0.1, 0.15) is 16.5 Å². The highest BCUT2D eigenvalue weighted by Gasteiger charge is 2.37. The van der Waals surface area contributed by atoms with Crippen LogP contribution in [0.4, 0.5) is 32.4 Å². The molecule has 0 aliphatic carbocycles. The van der Waals surface area contributed by atoms with Crippen LogP contribution in [0.25, 0.3) is 10.9 Å². The molecule has 2 aromatic carbocycles. The van der Waals surface area contributed by atoms with E-state index in [4.69, 9.17) is 4.74 Å². The molecule has 0 spiro atoms. The third-order valence-corrected chi connectivity index (χ3v) is 6.20. The summed E-state index contributed by atoms with van der Waals surface area (Å²) in [6.45, 7) is 4.80. The highest BCUT2D eigenvalue weighted by molar-refractivity contribution is 7.86. The van der Waals surface area contributed by atoms with Gasteiger partial charge in [0, 0.05) is 18.0 Å². The number of esters is 1. The molecule has 198 valence electrons. The predicted molar refractivity (Wildman–Crippen MR) is 116 cm³/mol. The predicted octanol–water partition coefficient (Wildman–Crippen LogP) is 4.31. The molecule has 9 nitrogen and oxygen atoms in total. The zero-order valence-electron chi connectivity index (χ0n) is 19.2. The molecule has 1 aliphatic heterocycles. The van der Waals surface area contributed by atoms with E-state index in [2.05, 4.69) is 10.1 Å². The lowest BCUT2D eigenvalue weighted by Crippen LogP contribution is -2.32. The Balaban J connectivity index is 1.75. The van der Waals surface area contributed by atoms with Crippen LogP contribution < -0.4 is 10.1 Å². The SMILES string of the molecule is CC(C)(C)OC(=O)n1ccc2c3c(c(S(=O)(=O)O)cc21)NC(C(=O)Oc1c(F)c(F)c(F)c(F)c1F)C3. The van der Waals surface area contributed by atoms with Gasteiger partial charge in [0.25, 0.3) is 10.1 Å². The fourth-order valence-electron chi connectivity index (χ4n) is 3.79. The Kier molecular flexibility index (Phi) is 6.19. The summed E-state index contributed by atoms with van der Waals surface area (Å²) >= 11 is 0. The molecule has 2 N–H and O–H groups in total. The number of hydrogen-bond acceptors (Lipinski definition) is 7. The van der Waals surface area contributed by atoms with E-state index in [0.717, 1.165) is 10.6 Å². The average Bonchev–Trinajstić information content (AvgIpc) is 3.41. The van der Waals surface area contributed by atoms with Gasteiger partial charge in [0.05, 0.1) is 11.2 Å². The van der Waals surface area contributed by atoms with Crippen LogP contribution in [0.3, 0.4) is 0 Å². The molecule has 37 heavy (non-hydrogen) atoms. The molecule has 1 aliphatic rings. The second-order valence-electron chi connectivity index (χ2n) is 9.02. The second-order valence-corrected chi connectivity index (χ2v) is 10.4. The lowest BCUT2D eigenvalue weighted by Gasteiger charge is -2.20. The van der Waals surface area contributed by atoms with Crippen molar-refractivity contribution < 1.29 is 54.0 Å². The van der Waals surface area contributed by atoms with Crippen LogP contribution in [0.15, 0.2) is 23.2 Å². The van der Waals surface area contributed by atoms with Crippen molar-refractivity contribution in [2.45, 2.75) is 43.7 Å². The van der Waals surface area contributed by atoms with Gasteiger partial charge >= 0.3 is 12.1 Å². The summed E-state index contributed by atoms with van der Waals surface area (Å²) in [6.07, 6.45) is -0.0216. The van der Waals surface area contributed by atoms with Crippen molar-refractivity contribution in [3.8, 4) is 5.75 Å². The molecular weight excluding hydrogens is 531 g/mol. The topological polar surface area (TPSA) is 124 Å². The number of nitrogens with one attached hydrogen (secondary N) is 1. The summed E-state index contributed by atoms with van der Waals surface area (Å²) in [4.78, 5) is 24.5. The van der Waals surface area contributed by atoms with Gasteiger partial charge in [-0.1, -0.05) is 0 Å². The summed E-state index contributed by atoms with van der Waals surface area (Å²) in [6, 6.07) is 0.768. The molecule has 3 aromatic rings. The summed E-state index contributed by atoms with van der Waals surface area (Å²) in [5, 5.41) is 2.68. The molecule has 1 atom stereocenters. The maximum absolute atomic E-state index is 14.0. The van der Waals surface area contributed by atoms with Gasteiger partial charge in [0.2, 0.25) is 34.8 Å². The Morgan fingerprint density at radius 1 is 1.05 bits per heavy atom. The summed E-state index contributed by atoms with van der Waals surface area (Å²) < 4.78 is 113. The number of benzene rings is 2. The zero-order valence-corrected chi connectivity index (χ0v) is 20.0. The Labute approximate surface area is 205 Å². The number of halogens is 5. The van der Waals surface area contributed by atoms with Gasteiger partial charge in [-0.15, -0.1) is 0 Å². The van der Waals surface area contributed by atoms with E-state index in [0.29, 0.717) is 0 Å². The van der Waals surface area contributed by atoms with Gasteiger partial charge in [-0.05, 0) is 38.5 Å². The Bertz CT molecular complexity index is 1570. The van der Waals surface area contributed by atoms with Crippen LogP contribution in [0.1, 0.15) is 26.3 Å². The molecule has 0 radical (unpaired) electrons. The molecule has 0 fully saturated rings. The standard InChI is InChI=1S/C22H17F5N2O7S/c1-22(2,3)36-21(31)29-5-4-8-9-6-10(28-18(9)12(7-11(8)29)37(32,33)34)20(30)35-19-16(26)14(24)13(23)15(25)17(19)27/h4-5,7,10,28H,6H2,1-3H3,(H,32,33,34). The van der Waals surface area contributed by atoms with Crippen molar-refractivity contribution in [3.63, 3.8) is 0 Å². The first-order valence-electron chi connectivity index (χ1n) is 10.4. The molecule has 1 unspecified atom stereocenters. The number of carbonyl (C=O) groups excluding carboxylic acids is 2. The third-order valence-electron chi connectivity index (χ3n) is 5.32. The number of hydrogen-bond donors (Lipinski definition) is 2. The first-order chi connectivity index (χ1) is 17.0. The van der Waals surface area contributed by atoms with Crippen LogP contribution in [-0.4, -0.2) is 41.2 Å². The lowest BCUT2D eigenvalue weighted by molar-refractivity contribution is -0.135. The number of anilines is 1. The third kappa shape index (κ3) is 4.59. The van der Waals surface area contributed by atoms with Gasteiger partial charge in [0.15, 0.2) is 0 Å². The number of aromatic nitrogens is 1. The average molecular weight is 548 g/mol. The molecule has 0 amide bonds. The zero-order chi connectivity index (χ0) is 27.6. The monoisotopic (exact) mass is 548 g/mol. The fourth-order valence-corrected chi connectivity index (χ4v) is 4.49. The van der Waals surface area contributed by atoms with Crippen molar-refractivity contribution in [1.29, 1.82) is 0 Å².